The van der Waals surface area contributed by atoms with Gasteiger partial charge < -0.3 is 14.6 Å². The molecule has 0 atom stereocenters. The lowest BCUT2D eigenvalue weighted by Crippen LogP contribution is -2.45. The van der Waals surface area contributed by atoms with Crippen molar-refractivity contribution in [1.82, 2.24) is 33.7 Å². The van der Waals surface area contributed by atoms with Crippen LogP contribution in [0.2, 0.25) is 0 Å². The van der Waals surface area contributed by atoms with Crippen molar-refractivity contribution in [3.63, 3.8) is 0 Å². The van der Waals surface area contributed by atoms with Gasteiger partial charge in [0, 0.05) is 31.0 Å². The molecule has 6 aromatic rings. The van der Waals surface area contributed by atoms with E-state index in [2.05, 4.69) is 32.3 Å². The Morgan fingerprint density at radius 2 is 1.69 bits per heavy atom. The number of nitrogens with one attached hydrogen (secondary N) is 1. The summed E-state index contributed by atoms with van der Waals surface area (Å²) in [5.41, 5.74) is 3.03. The quantitative estimate of drug-likeness (QED) is 0.258. The Bertz CT molecular complexity index is 2280. The highest BCUT2D eigenvalue weighted by Crippen LogP contribution is 2.28. The predicted molar refractivity (Wildman–Crippen MR) is 178 cm³/mol. The van der Waals surface area contributed by atoms with E-state index in [0.29, 0.717) is 37.0 Å². The third kappa shape index (κ3) is 6.02. The molecule has 0 saturated heterocycles. The monoisotopic (exact) mass is 649 g/mol. The van der Waals surface area contributed by atoms with Crippen LogP contribution < -0.4 is 16.6 Å². The highest BCUT2D eigenvalue weighted by Gasteiger charge is 2.28. The Balaban J connectivity index is 1.18. The van der Waals surface area contributed by atoms with E-state index in [4.69, 9.17) is 0 Å². The van der Waals surface area contributed by atoms with E-state index in [9.17, 15) is 23.2 Å². The van der Waals surface area contributed by atoms with E-state index in [1.54, 1.807) is 6.07 Å². The standard InChI is InChI=1S/C36H33F2N7O3/c1-42(2)19-22-6-8-23(9-7-22)24-4-3-5-29(16-24)44-33-30(17-26(38)18-39-33)35(47)45(36(44)48)28-13-11-27(12-14-28)40-34(46)31-21-43-20-25(37)10-15-32(43)41-31/h3-10,15-18,20-21,27-28H,11-14,19H2,1-2H3,(H,40,46)/t27-,28+. The van der Waals surface area contributed by atoms with Crippen LogP contribution in [-0.4, -0.2) is 54.4 Å². The largest absolute Gasteiger partial charge is 0.348 e. The number of carbonyl (C=O) groups excluding carboxylic acids is 1. The molecular formula is C36H33F2N7O3. The van der Waals surface area contributed by atoms with Gasteiger partial charge >= 0.3 is 5.69 Å². The van der Waals surface area contributed by atoms with Crippen LogP contribution in [0.3, 0.4) is 0 Å². The molecule has 1 aliphatic rings. The van der Waals surface area contributed by atoms with Crippen molar-refractivity contribution < 1.29 is 13.6 Å². The van der Waals surface area contributed by atoms with E-state index in [0.717, 1.165) is 29.9 Å². The first-order valence-electron chi connectivity index (χ1n) is 15.8. The average molecular weight is 650 g/mol. The zero-order chi connectivity index (χ0) is 33.5. The molecule has 2 aromatic carbocycles. The number of aromatic nitrogens is 5. The lowest BCUT2D eigenvalue weighted by molar-refractivity contribution is 0.0917. The molecule has 1 fully saturated rings. The van der Waals surface area contributed by atoms with Crippen LogP contribution in [0.5, 0.6) is 0 Å². The Morgan fingerprint density at radius 1 is 0.917 bits per heavy atom. The normalized spacial score (nSPS) is 16.5. The number of rotatable bonds is 7. The van der Waals surface area contributed by atoms with Crippen LogP contribution in [-0.2, 0) is 6.54 Å². The van der Waals surface area contributed by atoms with Gasteiger partial charge in [0.1, 0.15) is 23.0 Å². The Hall–Kier alpha value is -5.49. The number of hydrogen-bond acceptors (Lipinski definition) is 6. The second-order valence-corrected chi connectivity index (χ2v) is 12.5. The summed E-state index contributed by atoms with van der Waals surface area (Å²) in [4.78, 5) is 51.5. The Morgan fingerprint density at radius 3 is 2.44 bits per heavy atom. The van der Waals surface area contributed by atoms with Gasteiger partial charge in [-0.3, -0.25) is 14.2 Å². The van der Waals surface area contributed by atoms with Gasteiger partial charge in [-0.1, -0.05) is 36.4 Å². The summed E-state index contributed by atoms with van der Waals surface area (Å²) in [7, 11) is 4.02. The van der Waals surface area contributed by atoms with Crippen molar-refractivity contribution in [1.29, 1.82) is 0 Å². The smallest absolute Gasteiger partial charge is 0.337 e. The molecule has 48 heavy (non-hydrogen) atoms. The van der Waals surface area contributed by atoms with Crippen LogP contribution in [0.15, 0.2) is 94.9 Å². The number of benzene rings is 2. The summed E-state index contributed by atoms with van der Waals surface area (Å²) in [6, 6.07) is 18.8. The van der Waals surface area contributed by atoms with Gasteiger partial charge in [0.2, 0.25) is 0 Å². The number of pyridine rings is 2. The first-order valence-corrected chi connectivity index (χ1v) is 15.8. The summed E-state index contributed by atoms with van der Waals surface area (Å²) in [6.45, 7) is 0.809. The average Bonchev–Trinajstić information content (AvgIpc) is 3.50. The summed E-state index contributed by atoms with van der Waals surface area (Å²) in [5, 5.41) is 2.99. The number of amides is 1. The fraction of sp³-hybridized carbons (Fsp3) is 0.250. The molecule has 0 bridgehead atoms. The summed E-state index contributed by atoms with van der Waals surface area (Å²) < 4.78 is 32.1. The predicted octanol–water partition coefficient (Wildman–Crippen LogP) is 5.12. The zero-order valence-electron chi connectivity index (χ0n) is 26.4. The van der Waals surface area contributed by atoms with Gasteiger partial charge in [-0.15, -0.1) is 0 Å². The number of carbonyl (C=O) groups is 1. The molecule has 244 valence electrons. The molecule has 0 unspecified atom stereocenters. The van der Waals surface area contributed by atoms with E-state index in [1.807, 2.05) is 44.4 Å². The molecule has 0 spiro atoms. The first-order chi connectivity index (χ1) is 23.1. The first kappa shape index (κ1) is 31.1. The maximum absolute atomic E-state index is 14.5. The number of fused-ring (bicyclic) bond motifs is 2. The van der Waals surface area contributed by atoms with Gasteiger partial charge in [-0.25, -0.2) is 28.1 Å². The van der Waals surface area contributed by atoms with Crippen LogP contribution >= 0.6 is 0 Å². The number of imidazole rings is 1. The van der Waals surface area contributed by atoms with E-state index in [1.165, 1.54) is 43.6 Å². The van der Waals surface area contributed by atoms with E-state index < -0.39 is 28.9 Å². The van der Waals surface area contributed by atoms with Gasteiger partial charge in [0.25, 0.3) is 11.5 Å². The molecule has 1 amide bonds. The molecule has 7 rings (SSSR count). The van der Waals surface area contributed by atoms with E-state index >= 15 is 0 Å². The lowest BCUT2D eigenvalue weighted by atomic mass is 9.90. The van der Waals surface area contributed by atoms with Crippen LogP contribution in [0.1, 0.15) is 47.8 Å². The molecule has 10 nitrogen and oxygen atoms in total. The third-order valence-electron chi connectivity index (χ3n) is 8.83. The molecule has 0 radical (unpaired) electrons. The number of hydrogen-bond donors (Lipinski definition) is 1. The van der Waals surface area contributed by atoms with Gasteiger partial charge in [0.05, 0.1) is 17.3 Å². The minimum atomic E-state index is -0.677. The van der Waals surface area contributed by atoms with Crippen LogP contribution in [0.4, 0.5) is 8.78 Å². The summed E-state index contributed by atoms with van der Waals surface area (Å²) >= 11 is 0. The third-order valence-corrected chi connectivity index (χ3v) is 8.83. The van der Waals surface area contributed by atoms with Crippen LogP contribution in [0.25, 0.3) is 33.5 Å². The molecular weight excluding hydrogens is 616 g/mol. The fourth-order valence-corrected chi connectivity index (χ4v) is 6.54. The van der Waals surface area contributed by atoms with E-state index in [-0.39, 0.29) is 28.7 Å². The van der Waals surface area contributed by atoms with Crippen molar-refractivity contribution in [2.45, 2.75) is 44.3 Å². The summed E-state index contributed by atoms with van der Waals surface area (Å²) in [5.74, 6) is -1.50. The van der Waals surface area contributed by atoms with Crippen LogP contribution in [0, 0.1) is 11.6 Å². The molecule has 12 heteroatoms. The van der Waals surface area contributed by atoms with Crippen molar-refractivity contribution in [3.8, 4) is 16.8 Å². The minimum absolute atomic E-state index is 0.00625. The molecule has 0 aliphatic heterocycles. The maximum Gasteiger partial charge on any atom is 0.337 e. The number of nitrogens with zero attached hydrogens (tertiary/aromatic N) is 6. The highest BCUT2D eigenvalue weighted by atomic mass is 19.1. The zero-order valence-corrected chi connectivity index (χ0v) is 26.4. The van der Waals surface area contributed by atoms with Crippen molar-refractivity contribution >= 4 is 22.6 Å². The molecule has 4 heterocycles. The second-order valence-electron chi connectivity index (χ2n) is 12.5. The maximum atomic E-state index is 14.5. The highest BCUT2D eigenvalue weighted by molar-refractivity contribution is 5.93. The lowest BCUT2D eigenvalue weighted by Gasteiger charge is -2.30. The topological polar surface area (TPSA) is 107 Å². The fourth-order valence-electron chi connectivity index (χ4n) is 6.54. The molecule has 1 N–H and O–H groups in total. The molecule has 4 aromatic heterocycles. The van der Waals surface area contributed by atoms with Crippen molar-refractivity contribution in [2.75, 3.05) is 14.1 Å². The SMILES string of the molecule is CN(C)Cc1ccc(-c2cccc(-n3c(=O)n([C@H]4CC[C@@H](NC(=O)c5cn6cc(F)ccc6n5)CC4)c(=O)c4cc(F)cnc43)c2)cc1. The Kier molecular flexibility index (Phi) is 8.17. The van der Waals surface area contributed by atoms with Crippen molar-refractivity contribution in [2.24, 2.45) is 0 Å². The Labute approximate surface area is 273 Å². The van der Waals surface area contributed by atoms with Gasteiger partial charge in [-0.05, 0) is 86.8 Å². The van der Waals surface area contributed by atoms with Gasteiger partial charge in [-0.2, -0.15) is 0 Å². The number of halogens is 2. The second kappa shape index (κ2) is 12.6. The summed E-state index contributed by atoms with van der Waals surface area (Å²) in [6.07, 6.45) is 5.60. The molecule has 1 saturated carbocycles. The molecule has 1 aliphatic carbocycles. The van der Waals surface area contributed by atoms with Gasteiger partial charge in [0.15, 0.2) is 5.65 Å². The minimum Gasteiger partial charge on any atom is -0.348 e. The van der Waals surface area contributed by atoms with Crippen molar-refractivity contribution in [3.05, 3.63) is 129 Å².